The van der Waals surface area contributed by atoms with Crippen molar-refractivity contribution < 1.29 is 31.4 Å². The monoisotopic (exact) mass is 513 g/mol. The molecule has 0 aliphatic heterocycles. The molecule has 0 saturated carbocycles. The number of nitrogens with zero attached hydrogens (tertiary/aromatic N) is 3. The molecule has 0 spiro atoms. The molecule has 0 fully saturated rings. The van der Waals surface area contributed by atoms with Gasteiger partial charge in [0.1, 0.15) is 11.0 Å². The van der Waals surface area contributed by atoms with Crippen LogP contribution in [0.1, 0.15) is 17.0 Å². The van der Waals surface area contributed by atoms with E-state index in [2.05, 4.69) is 9.97 Å². The third kappa shape index (κ3) is 4.37. The Morgan fingerprint density at radius 2 is 1.51 bits per heavy atom. The van der Waals surface area contributed by atoms with Crippen LogP contribution >= 0.6 is 11.6 Å². The molecule has 0 amide bonds. The normalized spacial score (nSPS) is 12.8. The van der Waals surface area contributed by atoms with E-state index in [9.17, 15) is 36.2 Å². The minimum absolute atomic E-state index is 0.00507. The molecule has 0 aliphatic carbocycles. The molecule has 2 aromatic heterocycles. The third-order valence-electron chi connectivity index (χ3n) is 5.36. The van der Waals surface area contributed by atoms with Crippen molar-refractivity contribution in [3.05, 3.63) is 99.3 Å². The molecule has 4 aromatic rings. The second-order valence-electron chi connectivity index (χ2n) is 7.61. The predicted octanol–water partition coefficient (Wildman–Crippen LogP) is 5.34. The highest BCUT2D eigenvalue weighted by atomic mass is 35.5. The number of hydrogen-bond acceptors (Lipinski definition) is 4. The summed E-state index contributed by atoms with van der Waals surface area (Å²) in [7, 11) is 0. The fourth-order valence-electron chi connectivity index (χ4n) is 3.61. The van der Waals surface area contributed by atoms with Crippen LogP contribution in [0.3, 0.4) is 0 Å². The SMILES string of the molecule is O=c1c2cc(Cl)ncc2nc(Cc2ccccc2)n1-c1ccc(C(O)(C(F)(F)F)C(F)(F)F)cc1. The summed E-state index contributed by atoms with van der Waals surface area (Å²) in [4.78, 5) is 21.6. The van der Waals surface area contributed by atoms with E-state index in [0.29, 0.717) is 12.1 Å². The summed E-state index contributed by atoms with van der Waals surface area (Å²) in [5.74, 6) is 0.160. The van der Waals surface area contributed by atoms with E-state index in [1.54, 1.807) is 30.3 Å². The fraction of sp³-hybridized carbons (Fsp3) is 0.174. The number of fused-ring (bicyclic) bond motifs is 1. The molecular weight excluding hydrogens is 500 g/mol. The highest BCUT2D eigenvalue weighted by molar-refractivity contribution is 6.30. The topological polar surface area (TPSA) is 68.0 Å². The number of pyridine rings is 1. The zero-order valence-corrected chi connectivity index (χ0v) is 18.2. The number of hydrogen-bond donors (Lipinski definition) is 1. The van der Waals surface area contributed by atoms with Crippen molar-refractivity contribution in [2.75, 3.05) is 0 Å². The van der Waals surface area contributed by atoms with E-state index < -0.39 is 29.1 Å². The Kier molecular flexibility index (Phi) is 6.10. The summed E-state index contributed by atoms with van der Waals surface area (Å²) in [6, 6.07) is 12.8. The second kappa shape index (κ2) is 8.65. The maximum absolute atomic E-state index is 13.3. The van der Waals surface area contributed by atoms with Crippen LogP contribution in [0, 0.1) is 0 Å². The molecule has 35 heavy (non-hydrogen) atoms. The van der Waals surface area contributed by atoms with E-state index in [0.717, 1.165) is 22.3 Å². The lowest BCUT2D eigenvalue weighted by Gasteiger charge is -2.32. The number of aliphatic hydroxyl groups is 1. The van der Waals surface area contributed by atoms with Crippen LogP contribution in [0.2, 0.25) is 5.15 Å². The second-order valence-corrected chi connectivity index (χ2v) is 8.00. The van der Waals surface area contributed by atoms with E-state index in [4.69, 9.17) is 11.6 Å². The summed E-state index contributed by atoms with van der Waals surface area (Å²) in [5.41, 5.74) is -6.29. The van der Waals surface area contributed by atoms with Gasteiger partial charge in [-0.05, 0) is 23.8 Å². The lowest BCUT2D eigenvalue weighted by molar-refractivity contribution is -0.376. The minimum atomic E-state index is -6.03. The highest BCUT2D eigenvalue weighted by Crippen LogP contribution is 2.50. The Bertz CT molecular complexity index is 1420. The molecule has 5 nitrogen and oxygen atoms in total. The van der Waals surface area contributed by atoms with Gasteiger partial charge in [-0.2, -0.15) is 26.3 Å². The largest absolute Gasteiger partial charge is 0.430 e. The van der Waals surface area contributed by atoms with Crippen LogP contribution in [0.4, 0.5) is 26.3 Å². The molecule has 0 aliphatic rings. The van der Waals surface area contributed by atoms with Gasteiger partial charge in [-0.3, -0.25) is 9.36 Å². The first-order chi connectivity index (χ1) is 16.3. The lowest BCUT2D eigenvalue weighted by Crippen LogP contribution is -2.53. The van der Waals surface area contributed by atoms with Crippen LogP contribution in [0.5, 0.6) is 0 Å². The van der Waals surface area contributed by atoms with Crippen molar-refractivity contribution in [1.82, 2.24) is 14.5 Å². The molecule has 4 rings (SSSR count). The molecule has 0 unspecified atom stereocenters. The van der Waals surface area contributed by atoms with Crippen molar-refractivity contribution >= 4 is 22.5 Å². The van der Waals surface area contributed by atoms with Crippen molar-refractivity contribution in [2.24, 2.45) is 0 Å². The number of aromatic nitrogens is 3. The zero-order valence-electron chi connectivity index (χ0n) is 17.4. The van der Waals surface area contributed by atoms with Gasteiger partial charge in [-0.1, -0.05) is 54.1 Å². The number of alkyl halides is 6. The van der Waals surface area contributed by atoms with Crippen molar-refractivity contribution in [3.8, 4) is 5.69 Å². The summed E-state index contributed by atoms with van der Waals surface area (Å²) in [5, 5.41) is 9.68. The molecule has 182 valence electrons. The lowest BCUT2D eigenvalue weighted by atomic mass is 9.92. The van der Waals surface area contributed by atoms with Crippen LogP contribution in [0.25, 0.3) is 16.6 Å². The maximum Gasteiger partial charge on any atom is 0.430 e. The predicted molar refractivity (Wildman–Crippen MR) is 115 cm³/mol. The Labute approximate surface area is 198 Å². The molecule has 1 N–H and O–H groups in total. The van der Waals surface area contributed by atoms with E-state index in [1.807, 2.05) is 0 Å². The standard InChI is InChI=1S/C23H14ClF6N3O2/c24-18-11-16-17(12-31-18)32-19(10-13-4-2-1-3-5-13)33(20(16)34)15-8-6-14(7-9-15)21(35,22(25,26)27)23(28,29)30/h1-9,11-12,35H,10H2. The molecule has 2 aromatic carbocycles. The summed E-state index contributed by atoms with van der Waals surface area (Å²) in [6.07, 6.45) is -10.7. The van der Waals surface area contributed by atoms with Gasteiger partial charge in [0.2, 0.25) is 0 Å². The van der Waals surface area contributed by atoms with Crippen molar-refractivity contribution in [3.63, 3.8) is 0 Å². The zero-order chi connectivity index (χ0) is 25.6. The van der Waals surface area contributed by atoms with Crippen molar-refractivity contribution in [2.45, 2.75) is 24.4 Å². The Hall–Kier alpha value is -3.44. The maximum atomic E-state index is 13.3. The highest BCUT2D eigenvalue weighted by Gasteiger charge is 2.71. The number of benzene rings is 2. The third-order valence-corrected chi connectivity index (χ3v) is 5.57. The quantitative estimate of drug-likeness (QED) is 0.296. The number of rotatable bonds is 4. The average Bonchev–Trinajstić information content (AvgIpc) is 2.79. The first-order valence-corrected chi connectivity index (χ1v) is 10.3. The minimum Gasteiger partial charge on any atom is -0.369 e. The van der Waals surface area contributed by atoms with E-state index >= 15 is 0 Å². The fourth-order valence-corrected chi connectivity index (χ4v) is 3.77. The van der Waals surface area contributed by atoms with Crippen LogP contribution < -0.4 is 5.56 Å². The van der Waals surface area contributed by atoms with E-state index in [-0.39, 0.29) is 34.0 Å². The van der Waals surface area contributed by atoms with Crippen LogP contribution in [-0.2, 0) is 12.0 Å². The molecule has 2 heterocycles. The summed E-state index contributed by atoms with van der Waals surface area (Å²) >= 11 is 5.89. The number of halogens is 7. The molecule has 0 bridgehead atoms. The molecular formula is C23H14ClF6N3O2. The molecule has 12 heteroatoms. The summed E-state index contributed by atoms with van der Waals surface area (Å²) in [6.45, 7) is 0. The van der Waals surface area contributed by atoms with Gasteiger partial charge in [0.15, 0.2) is 0 Å². The van der Waals surface area contributed by atoms with Gasteiger partial charge in [0.05, 0.1) is 22.8 Å². The Morgan fingerprint density at radius 3 is 2.09 bits per heavy atom. The van der Waals surface area contributed by atoms with Gasteiger partial charge in [-0.15, -0.1) is 0 Å². The van der Waals surface area contributed by atoms with Crippen molar-refractivity contribution in [1.29, 1.82) is 0 Å². The van der Waals surface area contributed by atoms with Gasteiger partial charge in [0, 0.05) is 12.0 Å². The van der Waals surface area contributed by atoms with Gasteiger partial charge in [-0.25, -0.2) is 9.97 Å². The first-order valence-electron chi connectivity index (χ1n) is 9.91. The first kappa shape index (κ1) is 24.7. The van der Waals surface area contributed by atoms with Gasteiger partial charge < -0.3 is 5.11 Å². The molecule has 0 saturated heterocycles. The van der Waals surface area contributed by atoms with Crippen LogP contribution in [-0.4, -0.2) is 32.0 Å². The van der Waals surface area contributed by atoms with Gasteiger partial charge >= 0.3 is 12.4 Å². The molecule has 0 radical (unpaired) electrons. The Balaban J connectivity index is 1.91. The summed E-state index contributed by atoms with van der Waals surface area (Å²) < 4.78 is 80.5. The Morgan fingerprint density at radius 1 is 0.914 bits per heavy atom. The van der Waals surface area contributed by atoms with Crippen LogP contribution in [0.15, 0.2) is 71.7 Å². The molecule has 0 atom stereocenters. The smallest absolute Gasteiger partial charge is 0.369 e. The van der Waals surface area contributed by atoms with E-state index in [1.165, 1.54) is 12.3 Å². The van der Waals surface area contributed by atoms with Gasteiger partial charge in [0.25, 0.3) is 11.2 Å². The average molecular weight is 514 g/mol.